The van der Waals surface area contributed by atoms with Crippen LogP contribution in [0.4, 0.5) is 0 Å². The Labute approximate surface area is 141 Å². The summed E-state index contributed by atoms with van der Waals surface area (Å²) in [6.45, 7) is 6.20. The van der Waals surface area contributed by atoms with Crippen LogP contribution in [0, 0.1) is 26.7 Å². The van der Waals surface area contributed by atoms with Gasteiger partial charge in [0, 0.05) is 30.0 Å². The predicted molar refractivity (Wildman–Crippen MR) is 90.3 cm³/mol. The summed E-state index contributed by atoms with van der Waals surface area (Å²) in [5.74, 6) is 1.91. The highest BCUT2D eigenvalue weighted by molar-refractivity contribution is 5.96. The maximum Gasteiger partial charge on any atom is 0.253 e. The molecule has 1 unspecified atom stereocenters. The van der Waals surface area contributed by atoms with Crippen LogP contribution in [0.5, 0.6) is 0 Å². The van der Waals surface area contributed by atoms with Crippen molar-refractivity contribution in [2.45, 2.75) is 39.7 Å². The van der Waals surface area contributed by atoms with E-state index in [0.29, 0.717) is 23.8 Å². The molecule has 0 aromatic carbocycles. The summed E-state index contributed by atoms with van der Waals surface area (Å²) in [7, 11) is 0. The van der Waals surface area contributed by atoms with Gasteiger partial charge in [-0.05, 0) is 45.6 Å². The lowest BCUT2D eigenvalue weighted by molar-refractivity contribution is 0.0933. The van der Waals surface area contributed by atoms with Gasteiger partial charge in [-0.2, -0.15) is 0 Å². The number of rotatable bonds is 5. The third kappa shape index (κ3) is 3.43. The molecule has 23 heavy (non-hydrogen) atoms. The molecule has 0 aliphatic heterocycles. The van der Waals surface area contributed by atoms with Gasteiger partial charge in [0.05, 0.1) is 5.56 Å². The fourth-order valence-corrected chi connectivity index (χ4v) is 2.92. The lowest BCUT2D eigenvalue weighted by atomic mass is 10.1. The average Bonchev–Trinajstić information content (AvgIpc) is 3.17. The second-order valence-corrected chi connectivity index (χ2v) is 6.07. The molecule has 0 spiro atoms. The first-order valence-electron chi connectivity index (χ1n) is 7.64. The van der Waals surface area contributed by atoms with Crippen molar-refractivity contribution in [3.63, 3.8) is 0 Å². The van der Waals surface area contributed by atoms with Crippen LogP contribution in [-0.4, -0.2) is 28.2 Å². The highest BCUT2D eigenvalue weighted by atomic mass is 35.5. The SMILES string of the molecule is Cc1cc(-n2c(C)cc(C(=O)NC(CN)C3CC3)c2C)no1.Cl. The van der Waals surface area contributed by atoms with Gasteiger partial charge in [0.2, 0.25) is 0 Å². The monoisotopic (exact) mass is 338 g/mol. The van der Waals surface area contributed by atoms with Crippen LogP contribution in [0.2, 0.25) is 0 Å². The van der Waals surface area contributed by atoms with E-state index in [9.17, 15) is 4.79 Å². The Balaban J connectivity index is 0.00000192. The van der Waals surface area contributed by atoms with Crippen LogP contribution in [0.25, 0.3) is 5.82 Å². The quantitative estimate of drug-likeness (QED) is 0.875. The molecule has 6 nitrogen and oxygen atoms in total. The van der Waals surface area contributed by atoms with Gasteiger partial charge < -0.3 is 15.6 Å². The summed E-state index contributed by atoms with van der Waals surface area (Å²) in [5.41, 5.74) is 8.24. The zero-order valence-corrected chi connectivity index (χ0v) is 14.4. The second-order valence-electron chi connectivity index (χ2n) is 6.07. The van der Waals surface area contributed by atoms with Crippen molar-refractivity contribution in [2.24, 2.45) is 11.7 Å². The third-order valence-electron chi connectivity index (χ3n) is 4.28. The van der Waals surface area contributed by atoms with E-state index >= 15 is 0 Å². The van der Waals surface area contributed by atoms with Crippen LogP contribution >= 0.6 is 12.4 Å². The number of aromatic nitrogens is 2. The number of halogens is 1. The van der Waals surface area contributed by atoms with E-state index in [2.05, 4.69) is 10.5 Å². The molecule has 0 saturated heterocycles. The Morgan fingerprint density at radius 3 is 2.65 bits per heavy atom. The zero-order valence-electron chi connectivity index (χ0n) is 13.6. The summed E-state index contributed by atoms with van der Waals surface area (Å²) < 4.78 is 7.06. The summed E-state index contributed by atoms with van der Waals surface area (Å²) in [5, 5.41) is 7.09. The molecule has 7 heteroatoms. The van der Waals surface area contributed by atoms with E-state index in [1.807, 2.05) is 37.5 Å². The van der Waals surface area contributed by atoms with Crippen molar-refractivity contribution in [2.75, 3.05) is 6.54 Å². The van der Waals surface area contributed by atoms with Crippen molar-refractivity contribution < 1.29 is 9.32 Å². The van der Waals surface area contributed by atoms with Crippen LogP contribution in [0.15, 0.2) is 16.7 Å². The second kappa shape index (κ2) is 6.76. The summed E-state index contributed by atoms with van der Waals surface area (Å²) >= 11 is 0. The molecular weight excluding hydrogens is 316 g/mol. The number of nitrogens with zero attached hydrogens (tertiary/aromatic N) is 2. The number of carbonyl (C=O) groups is 1. The summed E-state index contributed by atoms with van der Waals surface area (Å²) in [4.78, 5) is 12.5. The van der Waals surface area contributed by atoms with E-state index in [1.165, 1.54) is 0 Å². The Morgan fingerprint density at radius 1 is 1.43 bits per heavy atom. The molecule has 1 fully saturated rings. The molecule has 2 aromatic heterocycles. The van der Waals surface area contributed by atoms with E-state index in [0.717, 1.165) is 30.0 Å². The standard InChI is InChI=1S/C16H22N4O2.ClH/c1-9-6-13(16(21)18-14(8-17)12-4-5-12)11(3)20(9)15-7-10(2)22-19-15;/h6-7,12,14H,4-5,8,17H2,1-3H3,(H,18,21);1H. The molecule has 3 rings (SSSR count). The molecule has 126 valence electrons. The predicted octanol–water partition coefficient (Wildman–Crippen LogP) is 2.28. The maximum atomic E-state index is 12.5. The lowest BCUT2D eigenvalue weighted by Crippen LogP contribution is -2.41. The van der Waals surface area contributed by atoms with Gasteiger partial charge in [0.1, 0.15) is 5.76 Å². The van der Waals surface area contributed by atoms with Gasteiger partial charge in [-0.1, -0.05) is 5.16 Å². The Hall–Kier alpha value is -1.79. The van der Waals surface area contributed by atoms with Crippen LogP contribution in [0.3, 0.4) is 0 Å². The van der Waals surface area contributed by atoms with Gasteiger partial charge in [0.25, 0.3) is 5.91 Å². The molecule has 1 aliphatic carbocycles. The van der Waals surface area contributed by atoms with E-state index in [4.69, 9.17) is 10.3 Å². The molecule has 2 aromatic rings. The number of hydrogen-bond acceptors (Lipinski definition) is 4. The first kappa shape index (κ1) is 17.6. The molecule has 0 bridgehead atoms. The zero-order chi connectivity index (χ0) is 15.9. The van der Waals surface area contributed by atoms with Crippen LogP contribution < -0.4 is 11.1 Å². The Bertz CT molecular complexity index is 703. The van der Waals surface area contributed by atoms with Crippen LogP contribution in [0.1, 0.15) is 40.3 Å². The summed E-state index contributed by atoms with van der Waals surface area (Å²) in [6, 6.07) is 3.81. The minimum absolute atomic E-state index is 0. The number of nitrogens with two attached hydrogens (primary N) is 1. The van der Waals surface area contributed by atoms with Crippen LogP contribution in [-0.2, 0) is 0 Å². The third-order valence-corrected chi connectivity index (χ3v) is 4.28. The average molecular weight is 339 g/mol. The first-order chi connectivity index (χ1) is 10.5. The van der Waals surface area contributed by atoms with Crippen molar-refractivity contribution >= 4 is 18.3 Å². The smallest absolute Gasteiger partial charge is 0.253 e. The van der Waals surface area contributed by atoms with Crippen molar-refractivity contribution in [3.05, 3.63) is 34.8 Å². The minimum atomic E-state index is -0.0677. The fraction of sp³-hybridized carbons (Fsp3) is 0.500. The molecular formula is C16H23ClN4O2. The van der Waals surface area contributed by atoms with Gasteiger partial charge in [0.15, 0.2) is 5.82 Å². The largest absolute Gasteiger partial charge is 0.360 e. The Morgan fingerprint density at radius 2 is 2.13 bits per heavy atom. The lowest BCUT2D eigenvalue weighted by Gasteiger charge is -2.16. The minimum Gasteiger partial charge on any atom is -0.360 e. The molecule has 1 saturated carbocycles. The molecule has 2 heterocycles. The highest BCUT2D eigenvalue weighted by Crippen LogP contribution is 2.32. The molecule has 3 N–H and O–H groups in total. The highest BCUT2D eigenvalue weighted by Gasteiger charge is 2.32. The van der Waals surface area contributed by atoms with Gasteiger partial charge >= 0.3 is 0 Å². The number of amides is 1. The molecule has 0 radical (unpaired) electrons. The van der Waals surface area contributed by atoms with Crippen molar-refractivity contribution in [3.8, 4) is 5.82 Å². The molecule has 1 aliphatic rings. The number of aryl methyl sites for hydroxylation is 2. The van der Waals surface area contributed by atoms with Crippen molar-refractivity contribution in [1.82, 2.24) is 15.0 Å². The topological polar surface area (TPSA) is 86.1 Å². The fourth-order valence-electron chi connectivity index (χ4n) is 2.92. The van der Waals surface area contributed by atoms with Gasteiger partial charge in [-0.3, -0.25) is 9.36 Å². The van der Waals surface area contributed by atoms with Gasteiger partial charge in [-0.15, -0.1) is 12.4 Å². The normalized spacial score (nSPS) is 15.1. The van der Waals surface area contributed by atoms with E-state index in [-0.39, 0.29) is 24.4 Å². The van der Waals surface area contributed by atoms with E-state index in [1.54, 1.807) is 0 Å². The Kier molecular flexibility index (Phi) is 5.16. The summed E-state index contributed by atoms with van der Waals surface area (Å²) in [6.07, 6.45) is 2.30. The first-order valence-corrected chi connectivity index (χ1v) is 7.64. The number of carbonyl (C=O) groups excluding carboxylic acids is 1. The van der Waals surface area contributed by atoms with E-state index < -0.39 is 0 Å². The number of hydrogen-bond donors (Lipinski definition) is 2. The number of nitrogens with one attached hydrogen (secondary N) is 1. The van der Waals surface area contributed by atoms with Crippen molar-refractivity contribution in [1.29, 1.82) is 0 Å². The van der Waals surface area contributed by atoms with Gasteiger partial charge in [-0.25, -0.2) is 0 Å². The maximum absolute atomic E-state index is 12.5. The molecule has 1 atom stereocenters. The molecule has 1 amide bonds.